The number of nitrogens with zero attached hydrogens (tertiary/aromatic N) is 1. The highest BCUT2D eigenvalue weighted by atomic mass is 16.5. The van der Waals surface area contributed by atoms with Gasteiger partial charge >= 0.3 is 5.97 Å². The Morgan fingerprint density at radius 3 is 2.59 bits per heavy atom. The molecule has 1 heterocycles. The Labute approximate surface area is 161 Å². The van der Waals surface area contributed by atoms with E-state index in [9.17, 15) is 9.59 Å². The molecule has 1 aromatic carbocycles. The minimum Gasteiger partial charge on any atom is -0.462 e. The van der Waals surface area contributed by atoms with Crippen molar-refractivity contribution in [1.29, 1.82) is 0 Å². The van der Waals surface area contributed by atoms with Gasteiger partial charge in [-0.05, 0) is 49.8 Å². The molecule has 0 aromatic heterocycles. The monoisotopic (exact) mass is 370 g/mol. The van der Waals surface area contributed by atoms with E-state index in [0.29, 0.717) is 6.42 Å². The van der Waals surface area contributed by atoms with Crippen molar-refractivity contribution < 1.29 is 14.3 Å². The summed E-state index contributed by atoms with van der Waals surface area (Å²) in [6.07, 6.45) is 4.27. The van der Waals surface area contributed by atoms with Crippen LogP contribution in [0.15, 0.2) is 30.3 Å². The van der Waals surface area contributed by atoms with Gasteiger partial charge in [0.1, 0.15) is 6.04 Å². The first kappa shape index (κ1) is 19.6. The van der Waals surface area contributed by atoms with Gasteiger partial charge in [-0.2, -0.15) is 5.01 Å². The highest BCUT2D eigenvalue weighted by Gasteiger charge is 2.41. The molecule has 2 atom stereocenters. The molecule has 27 heavy (non-hydrogen) atoms. The zero-order chi connectivity index (χ0) is 19.8. The number of carbonyl (C=O) groups excluding carboxylic acids is 2. The molecule has 0 bridgehead atoms. The molecule has 1 aliphatic heterocycles. The molecule has 1 aromatic rings. The van der Waals surface area contributed by atoms with Gasteiger partial charge in [0.2, 0.25) is 5.91 Å². The number of fused-ring (bicyclic) bond motifs is 3. The summed E-state index contributed by atoms with van der Waals surface area (Å²) in [7, 11) is 0. The lowest BCUT2D eigenvalue weighted by molar-refractivity contribution is -0.158. The van der Waals surface area contributed by atoms with Crippen LogP contribution in [0.2, 0.25) is 0 Å². The van der Waals surface area contributed by atoms with E-state index in [4.69, 9.17) is 4.74 Å². The fourth-order valence-corrected chi connectivity index (χ4v) is 3.71. The first-order valence-electron chi connectivity index (χ1n) is 9.76. The summed E-state index contributed by atoms with van der Waals surface area (Å²) in [5.74, 6) is -0.377. The first-order chi connectivity index (χ1) is 12.7. The Morgan fingerprint density at radius 2 is 1.93 bits per heavy atom. The summed E-state index contributed by atoms with van der Waals surface area (Å²) in [4.78, 5) is 25.4. The molecule has 0 spiro atoms. The average Bonchev–Trinajstić information content (AvgIpc) is 2.60. The van der Waals surface area contributed by atoms with Crippen LogP contribution in [-0.2, 0) is 20.7 Å². The normalized spacial score (nSPS) is 22.5. The molecule has 0 fully saturated rings. The summed E-state index contributed by atoms with van der Waals surface area (Å²) in [5.41, 5.74) is 6.24. The molecular formula is C22H30N2O3. The zero-order valence-electron chi connectivity index (χ0n) is 16.9. The van der Waals surface area contributed by atoms with Crippen LogP contribution in [0.3, 0.4) is 0 Å². The van der Waals surface area contributed by atoms with Gasteiger partial charge in [-0.15, -0.1) is 0 Å². The third-order valence-electron chi connectivity index (χ3n) is 5.14. The van der Waals surface area contributed by atoms with E-state index in [1.807, 2.05) is 45.7 Å². The molecule has 146 valence electrons. The number of hydrogen-bond acceptors (Lipinski definition) is 4. The third-order valence-corrected chi connectivity index (χ3v) is 5.14. The molecule has 0 unspecified atom stereocenters. The van der Waals surface area contributed by atoms with Crippen molar-refractivity contribution in [3.8, 4) is 0 Å². The summed E-state index contributed by atoms with van der Waals surface area (Å²) in [6, 6.07) is 7.86. The van der Waals surface area contributed by atoms with Gasteiger partial charge < -0.3 is 4.74 Å². The van der Waals surface area contributed by atoms with Crippen molar-refractivity contribution in [2.45, 2.75) is 72.1 Å². The maximum atomic E-state index is 12.7. The van der Waals surface area contributed by atoms with E-state index in [1.165, 1.54) is 16.7 Å². The van der Waals surface area contributed by atoms with Crippen molar-refractivity contribution >= 4 is 17.4 Å². The van der Waals surface area contributed by atoms with Crippen LogP contribution < -0.4 is 5.43 Å². The minimum absolute atomic E-state index is 0.0235. The molecule has 0 saturated carbocycles. The lowest BCUT2D eigenvalue weighted by Gasteiger charge is -2.44. The van der Waals surface area contributed by atoms with E-state index in [1.54, 1.807) is 0 Å². The Morgan fingerprint density at radius 1 is 1.22 bits per heavy atom. The Kier molecular flexibility index (Phi) is 5.43. The number of nitrogens with one attached hydrogen (secondary N) is 1. The number of esters is 1. The summed E-state index contributed by atoms with van der Waals surface area (Å²) < 4.78 is 5.48. The van der Waals surface area contributed by atoms with Crippen molar-refractivity contribution in [3.63, 3.8) is 0 Å². The molecule has 3 rings (SSSR count). The maximum Gasteiger partial charge on any atom is 0.325 e. The molecule has 1 aliphatic carbocycles. The quantitative estimate of drug-likeness (QED) is 0.828. The Hall–Kier alpha value is -2.14. The van der Waals surface area contributed by atoms with Crippen LogP contribution in [0.25, 0.3) is 5.57 Å². The fourth-order valence-electron chi connectivity index (χ4n) is 3.71. The van der Waals surface area contributed by atoms with Crippen LogP contribution in [0.4, 0.5) is 0 Å². The van der Waals surface area contributed by atoms with Crippen molar-refractivity contribution in [3.05, 3.63) is 41.5 Å². The number of benzene rings is 1. The number of rotatable bonds is 3. The van der Waals surface area contributed by atoms with Gasteiger partial charge in [0.15, 0.2) is 0 Å². The van der Waals surface area contributed by atoms with E-state index in [0.717, 1.165) is 12.8 Å². The third kappa shape index (κ3) is 4.08. The molecule has 1 N–H and O–H groups in total. The second-order valence-corrected chi connectivity index (χ2v) is 8.71. The molecule has 5 heteroatoms. The predicted molar refractivity (Wildman–Crippen MR) is 106 cm³/mol. The largest absolute Gasteiger partial charge is 0.462 e. The van der Waals surface area contributed by atoms with Crippen molar-refractivity contribution in [2.75, 3.05) is 0 Å². The molecule has 0 radical (unpaired) electrons. The van der Waals surface area contributed by atoms with Crippen molar-refractivity contribution in [1.82, 2.24) is 10.4 Å². The van der Waals surface area contributed by atoms with Gasteiger partial charge in [0, 0.05) is 5.41 Å². The maximum absolute atomic E-state index is 12.7. The van der Waals surface area contributed by atoms with Gasteiger partial charge in [-0.1, -0.05) is 51.1 Å². The number of ether oxygens (including phenoxy) is 1. The number of carbonyl (C=O) groups is 2. The predicted octanol–water partition coefficient (Wildman–Crippen LogP) is 3.49. The molecule has 5 nitrogen and oxygen atoms in total. The highest BCUT2D eigenvalue weighted by molar-refractivity contribution is 5.84. The first-order valence-corrected chi connectivity index (χ1v) is 9.76. The highest BCUT2D eigenvalue weighted by Crippen LogP contribution is 2.38. The van der Waals surface area contributed by atoms with Crippen LogP contribution in [0, 0.1) is 5.41 Å². The van der Waals surface area contributed by atoms with Crippen LogP contribution >= 0.6 is 0 Å². The standard InChI is InChI=1S/C22H30N2O3/c1-14(2)27-20(25)19-13-11-17-16-9-7-6-8-15(16)10-12-18(17)24(19)23-21(26)22(3,4)5/h6-9,11,14,18-19H,10,12-13H2,1-5H3,(H,23,26)/t18-,19-/m1/s1. The SMILES string of the molecule is CC(C)OC(=O)[C@H]1CC=C2c3ccccc3CC[C@H]2N1NC(=O)C(C)(C)C. The van der Waals surface area contributed by atoms with Crippen molar-refractivity contribution in [2.24, 2.45) is 5.41 Å². The second-order valence-electron chi connectivity index (χ2n) is 8.71. The van der Waals surface area contributed by atoms with Gasteiger partial charge in [0.05, 0.1) is 12.1 Å². The van der Waals surface area contributed by atoms with E-state index >= 15 is 0 Å². The van der Waals surface area contributed by atoms with Crippen LogP contribution in [-0.4, -0.2) is 35.1 Å². The number of aryl methyl sites for hydroxylation is 1. The number of amides is 1. The fraction of sp³-hybridized carbons (Fsp3) is 0.545. The average molecular weight is 370 g/mol. The summed E-state index contributed by atoms with van der Waals surface area (Å²) >= 11 is 0. The minimum atomic E-state index is -0.541. The van der Waals surface area contributed by atoms with E-state index < -0.39 is 11.5 Å². The zero-order valence-corrected chi connectivity index (χ0v) is 16.9. The summed E-state index contributed by atoms with van der Waals surface area (Å²) in [6.45, 7) is 9.32. The second kappa shape index (κ2) is 7.47. The Bertz CT molecular complexity index is 761. The topological polar surface area (TPSA) is 58.6 Å². The van der Waals surface area contributed by atoms with Gasteiger partial charge in [-0.3, -0.25) is 15.0 Å². The lowest BCUT2D eigenvalue weighted by atomic mass is 9.80. The summed E-state index contributed by atoms with van der Waals surface area (Å²) in [5, 5.41) is 1.85. The van der Waals surface area contributed by atoms with Gasteiger partial charge in [-0.25, -0.2) is 0 Å². The smallest absolute Gasteiger partial charge is 0.325 e. The van der Waals surface area contributed by atoms with E-state index in [-0.39, 0.29) is 24.0 Å². The lowest BCUT2D eigenvalue weighted by Crippen LogP contribution is -2.61. The number of hydrazine groups is 1. The Balaban J connectivity index is 1.95. The molecule has 0 saturated heterocycles. The molecular weight excluding hydrogens is 340 g/mol. The number of hydrogen-bond donors (Lipinski definition) is 1. The molecule has 1 amide bonds. The van der Waals surface area contributed by atoms with Crippen LogP contribution in [0.5, 0.6) is 0 Å². The van der Waals surface area contributed by atoms with Gasteiger partial charge in [0.25, 0.3) is 0 Å². The molecule has 2 aliphatic rings. The van der Waals surface area contributed by atoms with Crippen LogP contribution in [0.1, 0.15) is 58.6 Å². The van der Waals surface area contributed by atoms with E-state index in [2.05, 4.69) is 29.7 Å².